The second-order valence-electron chi connectivity index (χ2n) is 7.36. The Bertz CT molecular complexity index is 1130. The van der Waals surface area contributed by atoms with E-state index in [9.17, 15) is 8.42 Å². The van der Waals surface area contributed by atoms with Crippen LogP contribution in [0.4, 0.5) is 11.4 Å². The molecule has 4 rings (SSSR count). The van der Waals surface area contributed by atoms with Crippen molar-refractivity contribution in [2.24, 2.45) is 5.73 Å². The molecule has 3 aromatic rings. The monoisotopic (exact) mass is 407 g/mol. The van der Waals surface area contributed by atoms with Crippen LogP contribution in [0.15, 0.2) is 66.7 Å². The lowest BCUT2D eigenvalue weighted by Crippen LogP contribution is -2.35. The van der Waals surface area contributed by atoms with E-state index in [-0.39, 0.29) is 0 Å². The third-order valence-corrected chi connectivity index (χ3v) is 6.64. The topological polar surface area (TPSA) is 75.4 Å². The van der Waals surface area contributed by atoms with Crippen LogP contribution in [-0.2, 0) is 29.5 Å². The Morgan fingerprint density at radius 1 is 1.03 bits per heavy atom. The Morgan fingerprint density at radius 3 is 2.55 bits per heavy atom. The summed E-state index contributed by atoms with van der Waals surface area (Å²) in [5, 5.41) is 3.54. The van der Waals surface area contributed by atoms with E-state index in [1.165, 1.54) is 16.1 Å². The summed E-state index contributed by atoms with van der Waals surface area (Å²) in [6.07, 6.45) is 1.96. The van der Waals surface area contributed by atoms with Gasteiger partial charge < -0.3 is 11.1 Å². The van der Waals surface area contributed by atoms with Crippen LogP contribution in [0, 0.1) is 0 Å². The number of rotatable bonds is 5. The lowest BCUT2D eigenvalue weighted by molar-refractivity contribution is 0.395. The number of nitrogens with one attached hydrogen (secondary N) is 1. The summed E-state index contributed by atoms with van der Waals surface area (Å²) in [7, 11) is -3.18. The number of nitrogens with zero attached hydrogens (tertiary/aromatic N) is 1. The van der Waals surface area contributed by atoms with Gasteiger partial charge in [-0.05, 0) is 52.4 Å². The minimum absolute atomic E-state index is 0.422. The van der Waals surface area contributed by atoms with Gasteiger partial charge in [0.1, 0.15) is 0 Å². The van der Waals surface area contributed by atoms with Gasteiger partial charge >= 0.3 is 0 Å². The van der Waals surface area contributed by atoms with Crippen molar-refractivity contribution >= 4 is 21.4 Å². The van der Waals surface area contributed by atoms with Gasteiger partial charge in [-0.2, -0.15) is 4.31 Å². The Hall–Kier alpha value is -2.67. The first-order chi connectivity index (χ1) is 14.0. The molecule has 0 aliphatic carbocycles. The van der Waals surface area contributed by atoms with Crippen molar-refractivity contribution in [1.29, 1.82) is 0 Å². The number of hydrogen-bond acceptors (Lipinski definition) is 4. The predicted octanol–water partition coefficient (Wildman–Crippen LogP) is 3.87. The molecule has 0 fully saturated rings. The largest absolute Gasteiger partial charge is 0.355 e. The summed E-state index contributed by atoms with van der Waals surface area (Å²) in [4.78, 5) is 0. The highest BCUT2D eigenvalue weighted by Gasteiger charge is 2.24. The summed E-state index contributed by atoms with van der Waals surface area (Å²) in [6.45, 7) is 1.41. The molecule has 1 aliphatic rings. The maximum atomic E-state index is 11.9. The lowest BCUT2D eigenvalue weighted by atomic mass is 9.97. The van der Waals surface area contributed by atoms with Crippen LogP contribution in [0.2, 0.25) is 0 Å². The summed E-state index contributed by atoms with van der Waals surface area (Å²) in [5.74, 6) is 0. The van der Waals surface area contributed by atoms with Crippen molar-refractivity contribution in [3.8, 4) is 11.1 Å². The predicted molar refractivity (Wildman–Crippen MR) is 118 cm³/mol. The number of hydrogen-bond donors (Lipinski definition) is 2. The van der Waals surface area contributed by atoms with Gasteiger partial charge in [0, 0.05) is 31.0 Å². The van der Waals surface area contributed by atoms with E-state index in [1.54, 1.807) is 0 Å². The molecule has 3 N–H and O–H groups in total. The molecule has 5 nitrogen and oxygen atoms in total. The normalized spacial score (nSPS) is 14.4. The fourth-order valence-electron chi connectivity index (χ4n) is 3.86. The van der Waals surface area contributed by atoms with Gasteiger partial charge in [0.25, 0.3) is 0 Å². The number of anilines is 2. The highest BCUT2D eigenvalue weighted by atomic mass is 32.2. The van der Waals surface area contributed by atoms with Crippen LogP contribution >= 0.6 is 0 Å². The van der Waals surface area contributed by atoms with Gasteiger partial charge in [0.15, 0.2) is 0 Å². The molecule has 1 heterocycles. The van der Waals surface area contributed by atoms with Crippen LogP contribution in [0.1, 0.15) is 16.7 Å². The molecular weight excluding hydrogens is 382 g/mol. The van der Waals surface area contributed by atoms with E-state index in [1.807, 2.05) is 42.5 Å². The Balaban J connectivity index is 1.66. The highest BCUT2D eigenvalue weighted by molar-refractivity contribution is 7.88. The lowest BCUT2D eigenvalue weighted by Gasteiger charge is -2.28. The molecule has 1 aliphatic heterocycles. The zero-order valence-corrected chi connectivity index (χ0v) is 17.2. The molecule has 0 saturated heterocycles. The van der Waals surface area contributed by atoms with E-state index >= 15 is 0 Å². The number of fused-ring (bicyclic) bond motifs is 1. The van der Waals surface area contributed by atoms with Gasteiger partial charge in [0.2, 0.25) is 10.0 Å². The Labute approximate surface area is 172 Å². The fourth-order valence-corrected chi connectivity index (χ4v) is 4.65. The third-order valence-electron chi connectivity index (χ3n) is 5.39. The van der Waals surface area contributed by atoms with Crippen LogP contribution in [0.25, 0.3) is 11.1 Å². The molecule has 0 atom stereocenters. The Morgan fingerprint density at radius 2 is 1.83 bits per heavy atom. The van der Waals surface area contributed by atoms with Crippen LogP contribution in [-0.4, -0.2) is 25.5 Å². The third kappa shape index (κ3) is 4.19. The quantitative estimate of drug-likeness (QED) is 0.673. The zero-order chi connectivity index (χ0) is 20.4. The first kappa shape index (κ1) is 19.6. The first-order valence-electron chi connectivity index (χ1n) is 9.67. The van der Waals surface area contributed by atoms with Crippen molar-refractivity contribution in [3.05, 3.63) is 83.4 Å². The van der Waals surface area contributed by atoms with E-state index < -0.39 is 10.0 Å². The van der Waals surface area contributed by atoms with Gasteiger partial charge in [0.05, 0.1) is 6.26 Å². The van der Waals surface area contributed by atoms with Crippen molar-refractivity contribution in [2.45, 2.75) is 19.5 Å². The van der Waals surface area contributed by atoms with Crippen molar-refractivity contribution in [3.63, 3.8) is 0 Å². The summed E-state index contributed by atoms with van der Waals surface area (Å²) in [6, 6.07) is 22.5. The van der Waals surface area contributed by atoms with Crippen LogP contribution in [0.5, 0.6) is 0 Å². The summed E-state index contributed by atoms with van der Waals surface area (Å²) in [5.41, 5.74) is 13.5. The minimum atomic E-state index is -3.18. The van der Waals surface area contributed by atoms with Gasteiger partial charge in [-0.3, -0.25) is 0 Å². The number of nitrogens with two attached hydrogens (primary N) is 1. The van der Waals surface area contributed by atoms with E-state index in [0.717, 1.165) is 33.6 Å². The Kier molecular flexibility index (Phi) is 5.41. The van der Waals surface area contributed by atoms with Crippen LogP contribution in [0.3, 0.4) is 0 Å². The molecule has 0 bridgehead atoms. The molecule has 6 heteroatoms. The summed E-state index contributed by atoms with van der Waals surface area (Å²) < 4.78 is 25.3. The molecule has 0 unspecified atom stereocenters. The average Bonchev–Trinajstić information content (AvgIpc) is 2.73. The molecule has 0 saturated carbocycles. The molecule has 150 valence electrons. The average molecular weight is 408 g/mol. The second-order valence-corrected chi connectivity index (χ2v) is 9.34. The SMILES string of the molecule is CS(=O)(=O)N1CCc2c(cccc2Nc2ccc(CN)c(-c3ccccc3)c2)C1. The van der Waals surface area contributed by atoms with Crippen LogP contribution < -0.4 is 11.1 Å². The molecule has 3 aromatic carbocycles. The molecular formula is C23H25N3O2S. The van der Waals surface area contributed by atoms with Crippen molar-refractivity contribution in [1.82, 2.24) is 4.31 Å². The zero-order valence-electron chi connectivity index (χ0n) is 16.4. The highest BCUT2D eigenvalue weighted by Crippen LogP contribution is 2.32. The number of sulfonamides is 1. The van der Waals surface area contributed by atoms with E-state index in [4.69, 9.17) is 5.73 Å². The molecule has 0 spiro atoms. The van der Waals surface area contributed by atoms with Gasteiger partial charge in [-0.1, -0.05) is 48.5 Å². The van der Waals surface area contributed by atoms with Gasteiger partial charge in [-0.15, -0.1) is 0 Å². The van der Waals surface area contributed by atoms with E-state index in [2.05, 4.69) is 29.6 Å². The molecule has 0 amide bonds. The molecule has 29 heavy (non-hydrogen) atoms. The smallest absolute Gasteiger partial charge is 0.211 e. The second kappa shape index (κ2) is 7.99. The maximum Gasteiger partial charge on any atom is 0.211 e. The molecule has 0 aromatic heterocycles. The maximum absolute atomic E-state index is 11.9. The van der Waals surface area contributed by atoms with Crippen molar-refractivity contribution in [2.75, 3.05) is 18.1 Å². The summed E-state index contributed by atoms with van der Waals surface area (Å²) >= 11 is 0. The fraction of sp³-hybridized carbons (Fsp3) is 0.217. The van der Waals surface area contributed by atoms with Crippen molar-refractivity contribution < 1.29 is 8.42 Å². The number of benzene rings is 3. The minimum Gasteiger partial charge on any atom is -0.355 e. The van der Waals surface area contributed by atoms with E-state index in [0.29, 0.717) is 26.1 Å². The standard InChI is InChI=1S/C23H25N3O2S/c1-29(27,28)26-13-12-21-19(16-26)8-5-9-23(21)25-20-11-10-18(15-24)22(14-20)17-6-3-2-4-7-17/h2-11,14,25H,12-13,15-16,24H2,1H3. The first-order valence-corrected chi connectivity index (χ1v) is 11.5. The van der Waals surface area contributed by atoms with Gasteiger partial charge in [-0.25, -0.2) is 8.42 Å². The molecule has 0 radical (unpaired) electrons.